The maximum absolute atomic E-state index is 10.6. The lowest BCUT2D eigenvalue weighted by Crippen LogP contribution is -2.30. The molecule has 0 aromatic rings. The smallest absolute Gasteiger partial charge is 0.331 e. The quantitative estimate of drug-likeness (QED) is 0.454. The average molecular weight is 171 g/mol. The highest BCUT2D eigenvalue weighted by atomic mass is 16.5. The minimum absolute atomic E-state index is 0.110. The van der Waals surface area contributed by atoms with E-state index < -0.39 is 5.97 Å². The lowest BCUT2D eigenvalue weighted by atomic mass is 10.3. The summed E-state index contributed by atoms with van der Waals surface area (Å²) in [5.41, 5.74) is -0.162. The molecule has 1 aliphatic carbocycles. The Morgan fingerprint density at radius 3 is 2.83 bits per heavy atom. The van der Waals surface area contributed by atoms with Gasteiger partial charge in [-0.3, -0.25) is 0 Å². The number of ether oxygens (including phenoxy) is 1. The number of rotatable bonds is 4. The highest BCUT2D eigenvalue weighted by molar-refractivity contribution is 5.81. The molecule has 0 aromatic carbocycles. The van der Waals surface area contributed by atoms with E-state index in [4.69, 9.17) is 5.11 Å². The van der Waals surface area contributed by atoms with E-state index in [2.05, 4.69) is 10.1 Å². The van der Waals surface area contributed by atoms with Crippen LogP contribution in [-0.2, 0) is 9.53 Å². The SMILES string of the molecule is COC(=O)/C=C/NC1(CO)CC1. The highest BCUT2D eigenvalue weighted by Gasteiger charge is 2.40. The summed E-state index contributed by atoms with van der Waals surface area (Å²) in [7, 11) is 1.33. The van der Waals surface area contributed by atoms with Crippen molar-refractivity contribution in [2.45, 2.75) is 18.4 Å². The molecular weight excluding hydrogens is 158 g/mol. The Kier molecular flexibility index (Phi) is 2.70. The lowest BCUT2D eigenvalue weighted by molar-refractivity contribution is -0.134. The van der Waals surface area contributed by atoms with Gasteiger partial charge in [-0.1, -0.05) is 0 Å². The van der Waals surface area contributed by atoms with Crippen LogP contribution in [0.1, 0.15) is 12.8 Å². The molecule has 0 atom stereocenters. The van der Waals surface area contributed by atoms with Crippen LogP contribution < -0.4 is 5.32 Å². The zero-order chi connectivity index (χ0) is 9.03. The van der Waals surface area contributed by atoms with Crippen LogP contribution in [0.2, 0.25) is 0 Å². The number of hydrogen-bond donors (Lipinski definition) is 2. The fourth-order valence-corrected chi connectivity index (χ4v) is 0.854. The third kappa shape index (κ3) is 2.23. The van der Waals surface area contributed by atoms with Crippen molar-refractivity contribution in [2.75, 3.05) is 13.7 Å². The molecule has 0 spiro atoms. The number of carbonyl (C=O) groups is 1. The lowest BCUT2D eigenvalue weighted by Gasteiger charge is -2.10. The first-order chi connectivity index (χ1) is 5.72. The molecule has 12 heavy (non-hydrogen) atoms. The van der Waals surface area contributed by atoms with E-state index in [-0.39, 0.29) is 12.1 Å². The molecule has 0 radical (unpaired) electrons. The minimum atomic E-state index is -0.392. The summed E-state index contributed by atoms with van der Waals surface area (Å²) in [6.07, 6.45) is 4.73. The van der Waals surface area contributed by atoms with Crippen molar-refractivity contribution in [3.63, 3.8) is 0 Å². The molecule has 4 heteroatoms. The van der Waals surface area contributed by atoms with Crippen LogP contribution in [0, 0.1) is 0 Å². The standard InChI is InChI=1S/C8H13NO3/c1-12-7(11)2-5-9-8(6-10)3-4-8/h2,5,9-10H,3-4,6H2,1H3/b5-2+. The Morgan fingerprint density at radius 2 is 2.42 bits per heavy atom. The first-order valence-electron chi connectivity index (χ1n) is 3.85. The number of hydrogen-bond acceptors (Lipinski definition) is 4. The molecule has 1 fully saturated rings. The van der Waals surface area contributed by atoms with Gasteiger partial charge in [0, 0.05) is 12.3 Å². The van der Waals surface area contributed by atoms with Gasteiger partial charge in [-0.2, -0.15) is 0 Å². The zero-order valence-corrected chi connectivity index (χ0v) is 7.04. The monoisotopic (exact) mass is 171 g/mol. The second-order valence-corrected chi connectivity index (χ2v) is 2.94. The van der Waals surface area contributed by atoms with Crippen molar-refractivity contribution in [1.29, 1.82) is 0 Å². The van der Waals surface area contributed by atoms with E-state index in [1.807, 2.05) is 0 Å². The topological polar surface area (TPSA) is 58.6 Å². The highest BCUT2D eigenvalue weighted by Crippen LogP contribution is 2.34. The number of nitrogens with one attached hydrogen (secondary N) is 1. The van der Waals surface area contributed by atoms with Crippen molar-refractivity contribution in [3.8, 4) is 0 Å². The van der Waals surface area contributed by atoms with Gasteiger partial charge in [0.05, 0.1) is 19.3 Å². The number of methoxy groups -OCH3 is 1. The molecule has 0 bridgehead atoms. The van der Waals surface area contributed by atoms with Gasteiger partial charge in [0.15, 0.2) is 0 Å². The normalized spacial score (nSPS) is 19.2. The third-order valence-electron chi connectivity index (χ3n) is 1.97. The Balaban J connectivity index is 2.25. The molecule has 0 amide bonds. The van der Waals surface area contributed by atoms with Crippen LogP contribution >= 0.6 is 0 Å². The van der Waals surface area contributed by atoms with Crippen LogP contribution in [0.4, 0.5) is 0 Å². The molecule has 0 unspecified atom stereocenters. The fraction of sp³-hybridized carbons (Fsp3) is 0.625. The van der Waals surface area contributed by atoms with Crippen LogP contribution in [0.5, 0.6) is 0 Å². The van der Waals surface area contributed by atoms with Crippen molar-refractivity contribution in [2.24, 2.45) is 0 Å². The number of esters is 1. The van der Waals surface area contributed by atoms with Gasteiger partial charge < -0.3 is 15.2 Å². The molecule has 2 N–H and O–H groups in total. The maximum atomic E-state index is 10.6. The fourth-order valence-electron chi connectivity index (χ4n) is 0.854. The molecule has 0 saturated heterocycles. The van der Waals surface area contributed by atoms with Gasteiger partial charge in [-0.25, -0.2) is 4.79 Å². The van der Waals surface area contributed by atoms with E-state index in [1.165, 1.54) is 19.4 Å². The summed E-state index contributed by atoms with van der Waals surface area (Å²) in [6, 6.07) is 0. The van der Waals surface area contributed by atoms with Crippen molar-refractivity contribution < 1.29 is 14.6 Å². The molecule has 0 aromatic heterocycles. The van der Waals surface area contributed by atoms with Crippen LogP contribution in [0.15, 0.2) is 12.3 Å². The van der Waals surface area contributed by atoms with Crippen LogP contribution in [0.3, 0.4) is 0 Å². The van der Waals surface area contributed by atoms with Gasteiger partial charge in [0.25, 0.3) is 0 Å². The number of aliphatic hydroxyl groups is 1. The first kappa shape index (κ1) is 9.06. The van der Waals surface area contributed by atoms with Gasteiger partial charge in [0.2, 0.25) is 0 Å². The van der Waals surface area contributed by atoms with E-state index >= 15 is 0 Å². The van der Waals surface area contributed by atoms with Crippen LogP contribution in [-0.4, -0.2) is 30.3 Å². The molecule has 1 rings (SSSR count). The second-order valence-electron chi connectivity index (χ2n) is 2.94. The third-order valence-corrected chi connectivity index (χ3v) is 1.97. The van der Waals surface area contributed by atoms with Gasteiger partial charge >= 0.3 is 5.97 Å². The molecular formula is C8H13NO3. The van der Waals surface area contributed by atoms with E-state index in [9.17, 15) is 4.79 Å². The Labute approximate surface area is 71.2 Å². The van der Waals surface area contributed by atoms with Gasteiger partial charge in [-0.05, 0) is 12.8 Å². The molecule has 4 nitrogen and oxygen atoms in total. The maximum Gasteiger partial charge on any atom is 0.331 e. The van der Waals surface area contributed by atoms with Crippen molar-refractivity contribution >= 4 is 5.97 Å². The van der Waals surface area contributed by atoms with E-state index in [0.29, 0.717) is 0 Å². The average Bonchev–Trinajstić information content (AvgIpc) is 2.85. The van der Waals surface area contributed by atoms with E-state index in [0.717, 1.165) is 12.8 Å². The Bertz CT molecular complexity index is 196. The molecule has 0 heterocycles. The zero-order valence-electron chi connectivity index (χ0n) is 7.04. The van der Waals surface area contributed by atoms with Gasteiger partial charge in [0.1, 0.15) is 0 Å². The first-order valence-corrected chi connectivity index (χ1v) is 3.85. The molecule has 68 valence electrons. The molecule has 1 aliphatic rings. The number of aliphatic hydroxyl groups excluding tert-OH is 1. The van der Waals surface area contributed by atoms with Crippen molar-refractivity contribution in [3.05, 3.63) is 12.3 Å². The summed E-state index contributed by atoms with van der Waals surface area (Å²) in [5, 5.41) is 11.8. The predicted octanol–water partition coefficient (Wildman–Crippen LogP) is -0.212. The summed E-state index contributed by atoms with van der Waals surface area (Å²) in [6.45, 7) is 0.110. The predicted molar refractivity (Wildman–Crippen MR) is 43.3 cm³/mol. The van der Waals surface area contributed by atoms with E-state index in [1.54, 1.807) is 0 Å². The molecule has 0 aliphatic heterocycles. The number of carbonyl (C=O) groups excluding carboxylic acids is 1. The summed E-state index contributed by atoms with van der Waals surface area (Å²) in [5.74, 6) is -0.392. The second kappa shape index (κ2) is 3.58. The van der Waals surface area contributed by atoms with Crippen LogP contribution in [0.25, 0.3) is 0 Å². The molecule has 1 saturated carbocycles. The largest absolute Gasteiger partial charge is 0.466 e. The van der Waals surface area contributed by atoms with Gasteiger partial charge in [-0.15, -0.1) is 0 Å². The Hall–Kier alpha value is -1.03. The minimum Gasteiger partial charge on any atom is -0.466 e. The summed E-state index contributed by atoms with van der Waals surface area (Å²) >= 11 is 0. The van der Waals surface area contributed by atoms with Crippen molar-refractivity contribution in [1.82, 2.24) is 5.32 Å². The summed E-state index contributed by atoms with van der Waals surface area (Å²) < 4.78 is 4.39. The summed E-state index contributed by atoms with van der Waals surface area (Å²) in [4.78, 5) is 10.6. The Morgan fingerprint density at radius 1 is 1.75 bits per heavy atom.